The van der Waals surface area contributed by atoms with E-state index in [-0.39, 0.29) is 6.17 Å². The van der Waals surface area contributed by atoms with Crippen LogP contribution in [0.2, 0.25) is 0 Å². The molecule has 0 bridgehead atoms. The smallest absolute Gasteiger partial charge is 0.160 e. The molecule has 0 aliphatic carbocycles. The number of aliphatic imine (C=N–C) groups is 2. The number of amidine groups is 2. The molecule has 0 saturated carbocycles. The Bertz CT molecular complexity index is 3190. The van der Waals surface area contributed by atoms with Crippen molar-refractivity contribution in [2.45, 2.75) is 6.17 Å². The van der Waals surface area contributed by atoms with Gasteiger partial charge in [0.1, 0.15) is 23.2 Å². The number of fused-ring (bicyclic) bond motifs is 7. The van der Waals surface area contributed by atoms with Crippen LogP contribution >= 0.6 is 0 Å². The van der Waals surface area contributed by atoms with Crippen molar-refractivity contribution in [2.24, 2.45) is 9.98 Å². The van der Waals surface area contributed by atoms with Crippen LogP contribution in [-0.2, 0) is 0 Å². The van der Waals surface area contributed by atoms with E-state index >= 15 is 0 Å². The van der Waals surface area contributed by atoms with Crippen molar-refractivity contribution in [2.75, 3.05) is 0 Å². The van der Waals surface area contributed by atoms with Gasteiger partial charge in [0, 0.05) is 21.9 Å². The highest BCUT2D eigenvalue weighted by atomic mass is 16.3. The number of furan rings is 1. The minimum atomic E-state index is -0.361. The van der Waals surface area contributed by atoms with E-state index in [9.17, 15) is 0 Å². The van der Waals surface area contributed by atoms with Gasteiger partial charge in [-0.15, -0.1) is 0 Å². The molecule has 0 saturated heterocycles. The van der Waals surface area contributed by atoms with Crippen molar-refractivity contribution in [3.05, 3.63) is 205 Å². The van der Waals surface area contributed by atoms with Crippen LogP contribution in [0.4, 0.5) is 0 Å². The number of nitrogens with one attached hydrogen (secondary N) is 1. The van der Waals surface area contributed by atoms with E-state index in [1.165, 1.54) is 43.4 Å². The Hall–Kier alpha value is -7.30. The maximum Gasteiger partial charge on any atom is 0.160 e. The van der Waals surface area contributed by atoms with Crippen molar-refractivity contribution in [3.8, 4) is 22.3 Å². The molecule has 4 heteroatoms. The lowest BCUT2D eigenvalue weighted by Crippen LogP contribution is -2.33. The second-order valence-corrected chi connectivity index (χ2v) is 14.2. The SMILES string of the molecule is c1ccc(-c2cccc(-c3ccc4oc5cccc(C6=NC(c7ccc8ccccc8c7)NC(c7ccc8ccc9ccccc9c8c7)=N6)c5c4c3)c2)cc1. The molecule has 10 aromatic rings. The number of hydrogen-bond donors (Lipinski definition) is 1. The van der Waals surface area contributed by atoms with E-state index in [0.717, 1.165) is 55.6 Å². The van der Waals surface area contributed by atoms with Gasteiger partial charge < -0.3 is 9.73 Å². The lowest BCUT2D eigenvalue weighted by atomic mass is 9.97. The Balaban J connectivity index is 1.09. The molecule has 11 rings (SSSR count). The number of benzene rings is 9. The monoisotopic (exact) mass is 703 g/mol. The summed E-state index contributed by atoms with van der Waals surface area (Å²) in [5, 5.41) is 13.0. The van der Waals surface area contributed by atoms with Crippen molar-refractivity contribution >= 4 is 65.9 Å². The van der Waals surface area contributed by atoms with Crippen molar-refractivity contribution < 1.29 is 4.42 Å². The second kappa shape index (κ2) is 12.7. The van der Waals surface area contributed by atoms with Gasteiger partial charge in [-0.3, -0.25) is 0 Å². The largest absolute Gasteiger partial charge is 0.456 e. The first-order valence-electron chi connectivity index (χ1n) is 18.7. The number of nitrogens with zero attached hydrogens (tertiary/aromatic N) is 2. The third-order valence-corrected chi connectivity index (χ3v) is 10.9. The van der Waals surface area contributed by atoms with Gasteiger partial charge in [0.25, 0.3) is 0 Å². The molecule has 0 radical (unpaired) electrons. The highest BCUT2D eigenvalue weighted by Gasteiger charge is 2.24. The van der Waals surface area contributed by atoms with E-state index in [0.29, 0.717) is 5.84 Å². The Labute approximate surface area is 317 Å². The zero-order valence-electron chi connectivity index (χ0n) is 29.8. The van der Waals surface area contributed by atoms with E-state index in [2.05, 4.69) is 181 Å². The van der Waals surface area contributed by atoms with Crippen LogP contribution in [0, 0.1) is 0 Å². The summed E-state index contributed by atoms with van der Waals surface area (Å²) in [6, 6.07) is 66.5. The third-order valence-electron chi connectivity index (χ3n) is 10.9. The third kappa shape index (κ3) is 5.46. The molecule has 0 fully saturated rings. The fourth-order valence-corrected chi connectivity index (χ4v) is 8.12. The first-order valence-corrected chi connectivity index (χ1v) is 18.7. The molecule has 2 heterocycles. The fraction of sp³-hybridized carbons (Fsp3) is 0.0196. The quantitative estimate of drug-likeness (QED) is 0.181. The minimum absolute atomic E-state index is 0.361. The van der Waals surface area contributed by atoms with Gasteiger partial charge in [0.2, 0.25) is 0 Å². The average Bonchev–Trinajstić information content (AvgIpc) is 3.64. The molecule has 1 aliphatic heterocycles. The first-order chi connectivity index (χ1) is 27.2. The summed E-state index contributed by atoms with van der Waals surface area (Å²) < 4.78 is 6.51. The molecule has 1 aromatic heterocycles. The summed E-state index contributed by atoms with van der Waals surface area (Å²) in [6.45, 7) is 0. The molecule has 1 aliphatic rings. The van der Waals surface area contributed by atoms with E-state index < -0.39 is 0 Å². The molecule has 1 unspecified atom stereocenters. The van der Waals surface area contributed by atoms with Crippen LogP contribution in [0.5, 0.6) is 0 Å². The van der Waals surface area contributed by atoms with E-state index in [1.54, 1.807) is 0 Å². The predicted molar refractivity (Wildman–Crippen MR) is 229 cm³/mol. The summed E-state index contributed by atoms with van der Waals surface area (Å²) in [5.74, 6) is 1.44. The Morgan fingerprint density at radius 3 is 1.96 bits per heavy atom. The molecule has 0 spiro atoms. The molecule has 1 atom stereocenters. The van der Waals surface area contributed by atoms with Gasteiger partial charge in [-0.05, 0) is 96.5 Å². The summed E-state index contributed by atoms with van der Waals surface area (Å²) in [6.07, 6.45) is -0.361. The Morgan fingerprint density at radius 2 is 1.07 bits per heavy atom. The highest BCUT2D eigenvalue weighted by molar-refractivity contribution is 6.22. The molecular weight excluding hydrogens is 671 g/mol. The molecule has 0 amide bonds. The van der Waals surface area contributed by atoms with E-state index in [4.69, 9.17) is 14.4 Å². The van der Waals surface area contributed by atoms with Gasteiger partial charge in [0.05, 0.1) is 0 Å². The van der Waals surface area contributed by atoms with Crippen molar-refractivity contribution in [3.63, 3.8) is 0 Å². The van der Waals surface area contributed by atoms with Gasteiger partial charge >= 0.3 is 0 Å². The standard InChI is InChI=1S/C51H33N3O/c1-2-10-32(11-3-1)37-15-8-16-38(28-37)39-26-27-46-45(30-39)48-43(18-9-19-47(48)55-46)51-53-49(40-24-20-33-12-4-5-14-36(33)29-40)52-50(54-51)41-25-23-35-22-21-34-13-6-7-17-42(34)44(35)31-41/h1-31,49H,(H,52,53,54). The Morgan fingerprint density at radius 1 is 0.418 bits per heavy atom. The van der Waals surface area contributed by atoms with E-state index in [1.807, 2.05) is 12.1 Å². The zero-order chi connectivity index (χ0) is 36.3. The first kappa shape index (κ1) is 31.2. The molecular formula is C51H33N3O. The maximum atomic E-state index is 6.51. The summed E-state index contributed by atoms with van der Waals surface area (Å²) in [5.41, 5.74) is 9.29. The maximum absolute atomic E-state index is 6.51. The molecule has 55 heavy (non-hydrogen) atoms. The summed E-state index contributed by atoms with van der Waals surface area (Å²) in [4.78, 5) is 10.7. The van der Waals surface area contributed by atoms with Crippen LogP contribution < -0.4 is 5.32 Å². The molecule has 1 N–H and O–H groups in total. The van der Waals surface area contributed by atoms with Crippen LogP contribution in [0.1, 0.15) is 22.9 Å². The highest BCUT2D eigenvalue weighted by Crippen LogP contribution is 2.37. The van der Waals surface area contributed by atoms with Gasteiger partial charge in [-0.25, -0.2) is 9.98 Å². The van der Waals surface area contributed by atoms with Crippen molar-refractivity contribution in [1.29, 1.82) is 0 Å². The molecule has 4 nitrogen and oxygen atoms in total. The normalized spacial score (nSPS) is 14.4. The summed E-state index contributed by atoms with van der Waals surface area (Å²) >= 11 is 0. The van der Waals surface area contributed by atoms with Gasteiger partial charge in [-0.2, -0.15) is 0 Å². The van der Waals surface area contributed by atoms with Crippen LogP contribution in [-0.4, -0.2) is 11.7 Å². The average molecular weight is 704 g/mol. The lowest BCUT2D eigenvalue weighted by molar-refractivity contribution is 0.668. The summed E-state index contributed by atoms with van der Waals surface area (Å²) in [7, 11) is 0. The number of rotatable bonds is 5. The van der Waals surface area contributed by atoms with Crippen LogP contribution in [0.25, 0.3) is 76.5 Å². The predicted octanol–water partition coefficient (Wildman–Crippen LogP) is 12.9. The lowest BCUT2D eigenvalue weighted by Gasteiger charge is -2.24. The van der Waals surface area contributed by atoms with Gasteiger partial charge in [0.15, 0.2) is 5.84 Å². The topological polar surface area (TPSA) is 49.9 Å². The minimum Gasteiger partial charge on any atom is -0.456 e. The Kier molecular flexibility index (Phi) is 7.20. The van der Waals surface area contributed by atoms with Crippen LogP contribution in [0.15, 0.2) is 202 Å². The molecule has 9 aromatic carbocycles. The zero-order valence-corrected chi connectivity index (χ0v) is 29.8. The fourth-order valence-electron chi connectivity index (χ4n) is 8.12. The molecule has 258 valence electrons. The van der Waals surface area contributed by atoms with Crippen LogP contribution in [0.3, 0.4) is 0 Å². The number of hydrogen-bond acceptors (Lipinski definition) is 4. The second-order valence-electron chi connectivity index (χ2n) is 14.2. The van der Waals surface area contributed by atoms with Crippen molar-refractivity contribution in [1.82, 2.24) is 5.32 Å². The van der Waals surface area contributed by atoms with Gasteiger partial charge in [-0.1, -0.05) is 152 Å².